The number of carbonyl (C=O) groups excluding carboxylic acids is 1. The van der Waals surface area contributed by atoms with Gasteiger partial charge in [0.25, 0.3) is 0 Å². The first-order valence-electron chi connectivity index (χ1n) is 4.30. The molecule has 0 aliphatic rings. The first kappa shape index (κ1) is 11.7. The molecule has 0 fully saturated rings. The number of hydrogen-bond donors (Lipinski definition) is 2. The largest absolute Gasteiger partial charge is 0.481 e. The fourth-order valence-corrected chi connectivity index (χ4v) is 1.33. The molecule has 0 aliphatic heterocycles. The number of carbonyl (C=O) groups is 2. The zero-order valence-electron chi connectivity index (χ0n) is 7.87. The van der Waals surface area contributed by atoms with Gasteiger partial charge in [-0.1, -0.05) is 6.07 Å². The van der Waals surface area contributed by atoms with Crippen LogP contribution in [0.15, 0.2) is 22.7 Å². The lowest BCUT2D eigenvalue weighted by Crippen LogP contribution is -2.04. The zero-order valence-corrected chi connectivity index (χ0v) is 9.45. The molecule has 0 radical (unpaired) electrons. The van der Waals surface area contributed by atoms with Crippen LogP contribution in [0.25, 0.3) is 0 Å². The van der Waals surface area contributed by atoms with E-state index in [0.29, 0.717) is 11.3 Å². The number of rotatable bonds is 4. The minimum Gasteiger partial charge on any atom is -0.481 e. The molecule has 5 heteroatoms. The van der Waals surface area contributed by atoms with Crippen LogP contribution in [0.3, 0.4) is 0 Å². The Balaban J connectivity index is 2.74. The van der Waals surface area contributed by atoms with Gasteiger partial charge in [0.15, 0.2) is 5.78 Å². The van der Waals surface area contributed by atoms with Crippen molar-refractivity contribution < 1.29 is 14.7 Å². The first-order valence-corrected chi connectivity index (χ1v) is 5.10. The molecule has 0 bridgehead atoms. The molecule has 0 heterocycles. The fourth-order valence-electron chi connectivity index (χ4n) is 1.08. The van der Waals surface area contributed by atoms with Crippen LogP contribution >= 0.6 is 15.9 Å². The van der Waals surface area contributed by atoms with Crippen molar-refractivity contribution in [1.29, 1.82) is 0 Å². The SMILES string of the molecule is Nc1cc(C(=O)CCC(=O)O)ccc1Br. The van der Waals surface area contributed by atoms with Gasteiger partial charge in [-0.15, -0.1) is 0 Å². The van der Waals surface area contributed by atoms with Crippen LogP contribution in [0, 0.1) is 0 Å². The average molecular weight is 272 g/mol. The molecule has 1 rings (SSSR count). The molecule has 80 valence electrons. The van der Waals surface area contributed by atoms with Crippen LogP contribution in [0.1, 0.15) is 23.2 Å². The number of anilines is 1. The summed E-state index contributed by atoms with van der Waals surface area (Å²) in [6.45, 7) is 0. The first-order chi connectivity index (χ1) is 7.00. The maximum Gasteiger partial charge on any atom is 0.303 e. The molecule has 0 unspecified atom stereocenters. The fraction of sp³-hybridized carbons (Fsp3) is 0.200. The number of Topliss-reactive ketones (excluding diaryl/α,β-unsaturated/α-hetero) is 1. The Kier molecular flexibility index (Phi) is 3.85. The van der Waals surface area contributed by atoms with Gasteiger partial charge in [-0.05, 0) is 28.1 Å². The van der Waals surface area contributed by atoms with Gasteiger partial charge >= 0.3 is 5.97 Å². The quantitative estimate of drug-likeness (QED) is 0.649. The average Bonchev–Trinajstić information content (AvgIpc) is 2.18. The van der Waals surface area contributed by atoms with E-state index < -0.39 is 5.97 Å². The molecule has 0 aromatic heterocycles. The third-order valence-corrected chi connectivity index (χ3v) is 2.61. The number of benzene rings is 1. The maximum absolute atomic E-state index is 11.5. The summed E-state index contributed by atoms with van der Waals surface area (Å²) >= 11 is 3.21. The predicted molar refractivity (Wildman–Crippen MR) is 59.8 cm³/mol. The standard InChI is InChI=1S/C10H10BrNO3/c11-7-2-1-6(5-8(7)12)9(13)3-4-10(14)15/h1-2,5H,3-4,12H2,(H,14,15). The Labute approximate surface area is 95.2 Å². The number of aliphatic carboxylic acids is 1. The van der Waals surface area contributed by atoms with E-state index in [0.717, 1.165) is 4.47 Å². The molecule has 0 spiro atoms. The summed E-state index contributed by atoms with van der Waals surface area (Å²) in [5.74, 6) is -1.19. The number of carboxylic acid groups (broad SMARTS) is 1. The van der Waals surface area contributed by atoms with E-state index in [1.165, 1.54) is 6.07 Å². The monoisotopic (exact) mass is 271 g/mol. The Morgan fingerprint density at radius 2 is 2.00 bits per heavy atom. The van der Waals surface area contributed by atoms with Gasteiger partial charge in [0.05, 0.1) is 6.42 Å². The maximum atomic E-state index is 11.5. The summed E-state index contributed by atoms with van der Waals surface area (Å²) in [7, 11) is 0. The summed E-state index contributed by atoms with van der Waals surface area (Å²) in [5, 5.41) is 8.42. The molecular weight excluding hydrogens is 262 g/mol. The van der Waals surface area contributed by atoms with Gasteiger partial charge in [-0.25, -0.2) is 0 Å². The number of hydrogen-bond acceptors (Lipinski definition) is 3. The van der Waals surface area contributed by atoms with Crippen molar-refractivity contribution in [3.8, 4) is 0 Å². The Bertz CT molecular complexity index is 404. The summed E-state index contributed by atoms with van der Waals surface area (Å²) < 4.78 is 0.720. The van der Waals surface area contributed by atoms with Crippen molar-refractivity contribution in [3.63, 3.8) is 0 Å². The second kappa shape index (κ2) is 4.93. The third-order valence-electron chi connectivity index (χ3n) is 1.88. The highest BCUT2D eigenvalue weighted by atomic mass is 79.9. The third kappa shape index (κ3) is 3.36. The van der Waals surface area contributed by atoms with E-state index in [2.05, 4.69) is 15.9 Å². The van der Waals surface area contributed by atoms with Gasteiger partial charge in [-0.3, -0.25) is 9.59 Å². The van der Waals surface area contributed by atoms with E-state index in [9.17, 15) is 9.59 Å². The number of nitrogens with two attached hydrogens (primary N) is 1. The molecule has 0 aliphatic carbocycles. The second-order valence-electron chi connectivity index (χ2n) is 3.05. The molecule has 15 heavy (non-hydrogen) atoms. The lowest BCUT2D eigenvalue weighted by Gasteiger charge is -2.02. The highest BCUT2D eigenvalue weighted by Crippen LogP contribution is 2.21. The molecule has 1 aromatic carbocycles. The van der Waals surface area contributed by atoms with E-state index in [-0.39, 0.29) is 18.6 Å². The second-order valence-corrected chi connectivity index (χ2v) is 3.91. The van der Waals surface area contributed by atoms with Crippen molar-refractivity contribution in [2.24, 2.45) is 0 Å². The van der Waals surface area contributed by atoms with Crippen LogP contribution < -0.4 is 5.73 Å². The number of ketones is 1. The normalized spacial score (nSPS) is 9.93. The molecular formula is C10H10BrNO3. The van der Waals surface area contributed by atoms with E-state index in [1.54, 1.807) is 12.1 Å². The Hall–Kier alpha value is -1.36. The predicted octanol–water partition coefficient (Wildman–Crippen LogP) is 2.08. The van der Waals surface area contributed by atoms with E-state index in [4.69, 9.17) is 10.8 Å². The molecule has 3 N–H and O–H groups in total. The highest BCUT2D eigenvalue weighted by molar-refractivity contribution is 9.10. The summed E-state index contributed by atoms with van der Waals surface area (Å²) in [6.07, 6.45) is -0.162. The summed E-state index contributed by atoms with van der Waals surface area (Å²) in [5.41, 5.74) is 6.51. The number of halogens is 1. The lowest BCUT2D eigenvalue weighted by atomic mass is 10.1. The Morgan fingerprint density at radius 3 is 2.53 bits per heavy atom. The molecule has 0 amide bonds. The minimum absolute atomic E-state index is 0.00357. The van der Waals surface area contributed by atoms with Gasteiger partial charge in [0, 0.05) is 22.1 Å². The minimum atomic E-state index is -0.978. The topological polar surface area (TPSA) is 80.4 Å². The molecule has 0 saturated carbocycles. The van der Waals surface area contributed by atoms with E-state index >= 15 is 0 Å². The van der Waals surface area contributed by atoms with Gasteiger partial charge in [0.2, 0.25) is 0 Å². The lowest BCUT2D eigenvalue weighted by molar-refractivity contribution is -0.136. The molecule has 4 nitrogen and oxygen atoms in total. The van der Waals surface area contributed by atoms with Crippen molar-refractivity contribution in [3.05, 3.63) is 28.2 Å². The van der Waals surface area contributed by atoms with Crippen molar-refractivity contribution in [2.45, 2.75) is 12.8 Å². The van der Waals surface area contributed by atoms with Crippen molar-refractivity contribution >= 4 is 33.4 Å². The van der Waals surface area contributed by atoms with Gasteiger partial charge in [0.1, 0.15) is 0 Å². The van der Waals surface area contributed by atoms with Crippen LogP contribution in [-0.4, -0.2) is 16.9 Å². The van der Waals surface area contributed by atoms with Crippen LogP contribution in [0.2, 0.25) is 0 Å². The highest BCUT2D eigenvalue weighted by Gasteiger charge is 2.09. The van der Waals surface area contributed by atoms with Crippen LogP contribution in [0.4, 0.5) is 5.69 Å². The zero-order chi connectivity index (χ0) is 11.4. The smallest absolute Gasteiger partial charge is 0.303 e. The molecule has 1 aromatic rings. The molecule has 0 saturated heterocycles. The number of nitrogen functional groups attached to an aromatic ring is 1. The molecule has 0 atom stereocenters. The van der Waals surface area contributed by atoms with Crippen LogP contribution in [0.5, 0.6) is 0 Å². The Morgan fingerprint density at radius 1 is 1.33 bits per heavy atom. The van der Waals surface area contributed by atoms with E-state index in [1.807, 2.05) is 0 Å². The van der Waals surface area contributed by atoms with Crippen molar-refractivity contribution in [1.82, 2.24) is 0 Å². The number of carboxylic acids is 1. The van der Waals surface area contributed by atoms with Crippen molar-refractivity contribution in [2.75, 3.05) is 5.73 Å². The summed E-state index contributed by atoms with van der Waals surface area (Å²) in [4.78, 5) is 21.8. The van der Waals surface area contributed by atoms with Crippen LogP contribution in [-0.2, 0) is 4.79 Å². The van der Waals surface area contributed by atoms with Gasteiger partial charge in [-0.2, -0.15) is 0 Å². The van der Waals surface area contributed by atoms with Gasteiger partial charge < -0.3 is 10.8 Å². The summed E-state index contributed by atoms with van der Waals surface area (Å²) in [6, 6.07) is 4.82.